The Hall–Kier alpha value is -2.68. The van der Waals surface area contributed by atoms with Crippen LogP contribution in [0.1, 0.15) is 23.7 Å². The van der Waals surface area contributed by atoms with Gasteiger partial charge in [-0.05, 0) is 26.0 Å². The number of hydrogen-bond donors (Lipinski definition) is 0. The molecule has 0 saturated carbocycles. The van der Waals surface area contributed by atoms with E-state index in [0.717, 1.165) is 73.0 Å². The van der Waals surface area contributed by atoms with Crippen molar-refractivity contribution in [3.63, 3.8) is 0 Å². The Bertz CT molecular complexity index is 1180. The summed E-state index contributed by atoms with van der Waals surface area (Å²) in [6.07, 6.45) is 2.17. The first-order valence-electron chi connectivity index (χ1n) is 11.1. The molecule has 7 nitrogen and oxygen atoms in total. The molecule has 1 aromatic carbocycles. The van der Waals surface area contributed by atoms with E-state index in [-0.39, 0.29) is 5.25 Å². The number of morpholine rings is 1. The zero-order valence-electron chi connectivity index (χ0n) is 18.5. The van der Waals surface area contributed by atoms with E-state index in [1.807, 2.05) is 35.7 Å². The fraction of sp³-hybridized carbons (Fsp3) is 0.375. The lowest BCUT2D eigenvalue weighted by Crippen LogP contribution is -2.38. The van der Waals surface area contributed by atoms with Crippen LogP contribution in [0.2, 0.25) is 0 Å². The fourth-order valence-corrected chi connectivity index (χ4v) is 4.86. The number of benzene rings is 1. The Balaban J connectivity index is 1.39. The molecule has 1 fully saturated rings. The highest BCUT2D eigenvalue weighted by molar-refractivity contribution is 7.99. The van der Waals surface area contributed by atoms with E-state index in [9.17, 15) is 0 Å². The van der Waals surface area contributed by atoms with Crippen LogP contribution in [0.25, 0.3) is 16.9 Å². The van der Waals surface area contributed by atoms with Crippen LogP contribution in [0.4, 0.5) is 0 Å². The number of hydrogen-bond acceptors (Lipinski definition) is 6. The summed E-state index contributed by atoms with van der Waals surface area (Å²) >= 11 is 1.72. The zero-order chi connectivity index (χ0) is 21.9. The SMILES string of the molecule is Cc1cccc2nc(C(C)Sc3nc(-c4ccccc4)cn3CCN3CCOCC3)nn12. The van der Waals surface area contributed by atoms with Gasteiger partial charge in [-0.15, -0.1) is 5.10 Å². The van der Waals surface area contributed by atoms with Crippen LogP contribution in [0.3, 0.4) is 0 Å². The maximum Gasteiger partial charge on any atom is 0.169 e. The van der Waals surface area contributed by atoms with Crippen molar-refractivity contribution in [3.8, 4) is 11.3 Å². The molecule has 4 aromatic rings. The van der Waals surface area contributed by atoms with Crippen LogP contribution in [-0.4, -0.2) is 61.9 Å². The highest BCUT2D eigenvalue weighted by Gasteiger charge is 2.19. The summed E-state index contributed by atoms with van der Waals surface area (Å²) in [4.78, 5) is 12.2. The standard InChI is InChI=1S/C24H28N6OS/c1-18-7-6-10-22-26-23(27-30(18)22)19(2)32-24-25-21(20-8-4-3-5-9-20)17-29(24)12-11-28-13-15-31-16-14-28/h3-10,17,19H,11-16H2,1-2H3. The molecule has 0 aliphatic carbocycles. The van der Waals surface area contributed by atoms with Gasteiger partial charge < -0.3 is 9.30 Å². The number of ether oxygens (including phenoxy) is 1. The van der Waals surface area contributed by atoms with Crippen LogP contribution in [0, 0.1) is 6.92 Å². The minimum atomic E-state index is 0.0856. The molecular formula is C24H28N6OS. The van der Waals surface area contributed by atoms with Crippen LogP contribution < -0.4 is 0 Å². The molecule has 0 bridgehead atoms. The molecule has 0 spiro atoms. The maximum absolute atomic E-state index is 5.49. The quantitative estimate of drug-likeness (QED) is 0.397. The summed E-state index contributed by atoms with van der Waals surface area (Å²) in [7, 11) is 0. The molecule has 32 heavy (non-hydrogen) atoms. The average Bonchev–Trinajstić information content (AvgIpc) is 3.44. The Kier molecular flexibility index (Phi) is 6.25. The highest BCUT2D eigenvalue weighted by atomic mass is 32.2. The zero-order valence-corrected chi connectivity index (χ0v) is 19.3. The second kappa shape index (κ2) is 9.44. The van der Waals surface area contributed by atoms with Crippen molar-refractivity contribution >= 4 is 17.4 Å². The Morgan fingerprint density at radius 3 is 2.59 bits per heavy atom. The molecule has 5 rings (SSSR count). The summed E-state index contributed by atoms with van der Waals surface area (Å²) < 4.78 is 9.68. The summed E-state index contributed by atoms with van der Waals surface area (Å²) in [5, 5.41) is 5.83. The van der Waals surface area contributed by atoms with E-state index < -0.39 is 0 Å². The van der Waals surface area contributed by atoms with Crippen LogP contribution in [-0.2, 0) is 11.3 Å². The van der Waals surface area contributed by atoms with Gasteiger partial charge in [0.15, 0.2) is 16.6 Å². The molecule has 1 unspecified atom stereocenters. The van der Waals surface area contributed by atoms with Gasteiger partial charge in [0.05, 0.1) is 24.2 Å². The fourth-order valence-electron chi connectivity index (χ4n) is 3.91. The van der Waals surface area contributed by atoms with Gasteiger partial charge in [-0.2, -0.15) is 0 Å². The Morgan fingerprint density at radius 1 is 1.00 bits per heavy atom. The minimum absolute atomic E-state index is 0.0856. The van der Waals surface area contributed by atoms with Gasteiger partial charge in [-0.1, -0.05) is 48.2 Å². The van der Waals surface area contributed by atoms with Gasteiger partial charge >= 0.3 is 0 Å². The lowest BCUT2D eigenvalue weighted by atomic mass is 10.2. The molecule has 0 amide bonds. The molecule has 4 heterocycles. The molecule has 1 aliphatic rings. The molecular weight excluding hydrogens is 420 g/mol. The number of nitrogens with zero attached hydrogens (tertiary/aromatic N) is 6. The van der Waals surface area contributed by atoms with Gasteiger partial charge in [0.1, 0.15) is 0 Å². The lowest BCUT2D eigenvalue weighted by Gasteiger charge is -2.26. The second-order valence-corrected chi connectivity index (χ2v) is 9.40. The van der Waals surface area contributed by atoms with Crippen molar-refractivity contribution in [2.24, 2.45) is 0 Å². The normalized spacial score (nSPS) is 15.9. The summed E-state index contributed by atoms with van der Waals surface area (Å²) in [6, 6.07) is 16.4. The van der Waals surface area contributed by atoms with Crippen molar-refractivity contribution in [1.29, 1.82) is 0 Å². The van der Waals surface area contributed by atoms with Gasteiger partial charge in [0, 0.05) is 43.6 Å². The van der Waals surface area contributed by atoms with E-state index in [0.29, 0.717) is 0 Å². The highest BCUT2D eigenvalue weighted by Crippen LogP contribution is 2.34. The molecule has 3 aromatic heterocycles. The number of fused-ring (bicyclic) bond motifs is 1. The number of imidazole rings is 1. The first-order valence-corrected chi connectivity index (χ1v) is 12.0. The Labute approximate surface area is 192 Å². The topological polar surface area (TPSA) is 60.5 Å². The predicted molar refractivity (Wildman–Crippen MR) is 127 cm³/mol. The largest absolute Gasteiger partial charge is 0.379 e. The molecule has 1 aliphatic heterocycles. The second-order valence-electron chi connectivity index (χ2n) is 8.09. The molecule has 1 saturated heterocycles. The van der Waals surface area contributed by atoms with Gasteiger partial charge in [0.25, 0.3) is 0 Å². The van der Waals surface area contributed by atoms with Crippen molar-refractivity contribution in [2.45, 2.75) is 30.8 Å². The number of thioether (sulfide) groups is 1. The summed E-state index contributed by atoms with van der Waals surface area (Å²) in [5.41, 5.74) is 4.10. The monoisotopic (exact) mass is 448 g/mol. The van der Waals surface area contributed by atoms with Crippen molar-refractivity contribution in [2.75, 3.05) is 32.8 Å². The van der Waals surface area contributed by atoms with E-state index >= 15 is 0 Å². The first-order chi connectivity index (χ1) is 15.7. The van der Waals surface area contributed by atoms with E-state index in [4.69, 9.17) is 19.8 Å². The van der Waals surface area contributed by atoms with E-state index in [1.165, 1.54) is 0 Å². The lowest BCUT2D eigenvalue weighted by molar-refractivity contribution is 0.0361. The number of aryl methyl sites for hydroxylation is 1. The Morgan fingerprint density at radius 2 is 1.81 bits per heavy atom. The third-order valence-electron chi connectivity index (χ3n) is 5.78. The van der Waals surface area contributed by atoms with E-state index in [1.54, 1.807) is 11.8 Å². The minimum Gasteiger partial charge on any atom is -0.379 e. The van der Waals surface area contributed by atoms with E-state index in [2.05, 4.69) is 46.9 Å². The third kappa shape index (κ3) is 4.57. The first kappa shape index (κ1) is 21.2. The van der Waals surface area contributed by atoms with Gasteiger partial charge in [-0.25, -0.2) is 14.5 Å². The molecule has 1 atom stereocenters. The average molecular weight is 449 g/mol. The third-order valence-corrected chi connectivity index (χ3v) is 6.88. The molecule has 166 valence electrons. The van der Waals surface area contributed by atoms with Crippen molar-refractivity contribution in [3.05, 3.63) is 66.2 Å². The number of aromatic nitrogens is 5. The molecule has 8 heteroatoms. The maximum atomic E-state index is 5.49. The number of rotatable bonds is 7. The van der Waals surface area contributed by atoms with Crippen LogP contribution >= 0.6 is 11.8 Å². The van der Waals surface area contributed by atoms with Crippen LogP contribution in [0.5, 0.6) is 0 Å². The number of pyridine rings is 1. The van der Waals surface area contributed by atoms with Crippen LogP contribution in [0.15, 0.2) is 59.9 Å². The van der Waals surface area contributed by atoms with Gasteiger partial charge in [0.2, 0.25) is 0 Å². The predicted octanol–water partition coefficient (Wildman–Crippen LogP) is 4.09. The van der Waals surface area contributed by atoms with Crippen molar-refractivity contribution in [1.82, 2.24) is 29.0 Å². The summed E-state index contributed by atoms with van der Waals surface area (Å²) in [6.45, 7) is 9.70. The smallest absolute Gasteiger partial charge is 0.169 e. The molecule has 0 radical (unpaired) electrons. The van der Waals surface area contributed by atoms with Gasteiger partial charge in [-0.3, -0.25) is 4.90 Å². The van der Waals surface area contributed by atoms with Crippen molar-refractivity contribution < 1.29 is 4.74 Å². The molecule has 0 N–H and O–H groups in total. The summed E-state index contributed by atoms with van der Waals surface area (Å²) in [5.74, 6) is 0.827.